The van der Waals surface area contributed by atoms with Crippen molar-refractivity contribution < 1.29 is 23.1 Å². The molecule has 1 aromatic rings. The zero-order valence-corrected chi connectivity index (χ0v) is 12.1. The molecular formula is C13H15F3N2O2S. The molecule has 1 saturated carbocycles. The summed E-state index contributed by atoms with van der Waals surface area (Å²) in [5.74, 6) is -0.657. The summed E-state index contributed by atoms with van der Waals surface area (Å²) in [5.41, 5.74) is -1.86. The normalized spacial score (nSPS) is 18.3. The van der Waals surface area contributed by atoms with Gasteiger partial charge < -0.3 is 10.4 Å². The number of pyridine rings is 1. The second-order valence-electron chi connectivity index (χ2n) is 4.97. The van der Waals surface area contributed by atoms with Gasteiger partial charge >= 0.3 is 12.1 Å². The van der Waals surface area contributed by atoms with E-state index in [2.05, 4.69) is 10.3 Å². The van der Waals surface area contributed by atoms with E-state index < -0.39 is 23.2 Å². The molecule has 1 heterocycles. The number of hydrogen-bond acceptors (Lipinski definition) is 4. The number of rotatable bonds is 6. The molecule has 1 aliphatic carbocycles. The van der Waals surface area contributed by atoms with Crippen LogP contribution >= 0.6 is 11.8 Å². The van der Waals surface area contributed by atoms with Gasteiger partial charge in [0, 0.05) is 11.9 Å². The number of carboxylic acid groups (broad SMARTS) is 1. The Morgan fingerprint density at radius 1 is 1.48 bits per heavy atom. The van der Waals surface area contributed by atoms with Gasteiger partial charge in [0.15, 0.2) is 0 Å². The Bertz CT molecular complexity index is 517. The summed E-state index contributed by atoms with van der Waals surface area (Å²) in [6.07, 6.45) is -1.97. The number of likely N-dealkylation sites (N-methyl/N-ethyl adjacent to an activating group) is 1. The van der Waals surface area contributed by atoms with Gasteiger partial charge in [-0.1, -0.05) is 0 Å². The van der Waals surface area contributed by atoms with Crippen LogP contribution in [0, 0.1) is 5.92 Å². The van der Waals surface area contributed by atoms with Gasteiger partial charge in [0.1, 0.15) is 5.54 Å². The van der Waals surface area contributed by atoms with Gasteiger partial charge in [-0.3, -0.25) is 4.79 Å². The molecule has 0 spiro atoms. The highest BCUT2D eigenvalue weighted by atomic mass is 32.2. The predicted molar refractivity (Wildman–Crippen MR) is 72.1 cm³/mol. The summed E-state index contributed by atoms with van der Waals surface area (Å²) in [7, 11) is 1.59. The minimum Gasteiger partial charge on any atom is -0.480 e. The van der Waals surface area contributed by atoms with Crippen molar-refractivity contribution in [3.63, 3.8) is 0 Å². The maximum atomic E-state index is 12.4. The molecule has 21 heavy (non-hydrogen) atoms. The maximum absolute atomic E-state index is 12.4. The van der Waals surface area contributed by atoms with E-state index in [1.54, 1.807) is 7.05 Å². The molecule has 4 nitrogen and oxygen atoms in total. The summed E-state index contributed by atoms with van der Waals surface area (Å²) in [5, 5.41) is 12.7. The van der Waals surface area contributed by atoms with Gasteiger partial charge in [-0.15, -0.1) is 11.8 Å². The lowest BCUT2D eigenvalue weighted by Gasteiger charge is -2.28. The number of carboxylic acids is 1. The van der Waals surface area contributed by atoms with Crippen LogP contribution in [0.3, 0.4) is 0 Å². The van der Waals surface area contributed by atoms with Crippen molar-refractivity contribution in [2.45, 2.75) is 29.6 Å². The van der Waals surface area contributed by atoms with E-state index in [0.29, 0.717) is 5.03 Å². The smallest absolute Gasteiger partial charge is 0.417 e. The molecule has 1 fully saturated rings. The number of hydrogen-bond donors (Lipinski definition) is 2. The SMILES string of the molecule is CNC(CSc1ccc(C(F)(F)F)cn1)(C(=O)O)C1CC1. The average molecular weight is 320 g/mol. The molecule has 0 radical (unpaired) electrons. The predicted octanol–water partition coefficient (Wildman–Crippen LogP) is 2.65. The quantitative estimate of drug-likeness (QED) is 0.789. The molecule has 2 N–H and O–H groups in total. The van der Waals surface area contributed by atoms with Crippen LogP contribution in [0.1, 0.15) is 18.4 Å². The highest BCUT2D eigenvalue weighted by Crippen LogP contribution is 2.42. The number of aliphatic carboxylic acids is 1. The highest BCUT2D eigenvalue weighted by Gasteiger charge is 2.50. The van der Waals surface area contributed by atoms with Crippen LogP contribution in [-0.2, 0) is 11.0 Å². The lowest BCUT2D eigenvalue weighted by Crippen LogP contribution is -2.54. The molecule has 1 unspecified atom stereocenters. The number of thioether (sulfide) groups is 1. The minimum absolute atomic E-state index is 0.0574. The topological polar surface area (TPSA) is 62.2 Å². The van der Waals surface area contributed by atoms with Crippen molar-refractivity contribution in [3.8, 4) is 0 Å². The number of nitrogens with one attached hydrogen (secondary N) is 1. The fourth-order valence-corrected chi connectivity index (χ4v) is 3.31. The van der Waals surface area contributed by atoms with Crippen LogP contribution in [-0.4, -0.2) is 34.4 Å². The van der Waals surface area contributed by atoms with Crippen molar-refractivity contribution in [2.75, 3.05) is 12.8 Å². The minimum atomic E-state index is -4.42. The van der Waals surface area contributed by atoms with E-state index in [-0.39, 0.29) is 11.7 Å². The highest BCUT2D eigenvalue weighted by molar-refractivity contribution is 7.99. The van der Waals surface area contributed by atoms with Crippen molar-refractivity contribution in [1.82, 2.24) is 10.3 Å². The Morgan fingerprint density at radius 3 is 2.52 bits per heavy atom. The van der Waals surface area contributed by atoms with Crippen molar-refractivity contribution in [2.24, 2.45) is 5.92 Å². The largest absolute Gasteiger partial charge is 0.480 e. The van der Waals surface area contributed by atoms with Crippen LogP contribution in [0.25, 0.3) is 0 Å². The Kier molecular flexibility index (Phi) is 4.48. The lowest BCUT2D eigenvalue weighted by molar-refractivity contribution is -0.144. The molecule has 0 aromatic carbocycles. The first-order chi connectivity index (χ1) is 9.79. The van der Waals surface area contributed by atoms with Crippen LogP contribution in [0.4, 0.5) is 13.2 Å². The van der Waals surface area contributed by atoms with E-state index in [9.17, 15) is 23.1 Å². The monoisotopic (exact) mass is 320 g/mol. The first kappa shape index (κ1) is 16.1. The van der Waals surface area contributed by atoms with Gasteiger partial charge in [0.25, 0.3) is 0 Å². The third kappa shape index (κ3) is 3.49. The second kappa shape index (κ2) is 5.84. The van der Waals surface area contributed by atoms with Crippen molar-refractivity contribution in [1.29, 1.82) is 0 Å². The van der Waals surface area contributed by atoms with E-state index in [0.717, 1.165) is 36.9 Å². The molecule has 0 bridgehead atoms. The molecule has 0 amide bonds. The first-order valence-electron chi connectivity index (χ1n) is 6.38. The summed E-state index contributed by atoms with van der Waals surface area (Å²) in [6, 6.07) is 2.22. The molecule has 116 valence electrons. The number of aromatic nitrogens is 1. The standard InChI is InChI=1S/C13H15F3N2O2S/c1-17-12(11(19)20,8-2-3-8)7-21-10-5-4-9(6-18-10)13(14,15)16/h4-6,8,17H,2-3,7H2,1H3,(H,19,20). The van der Waals surface area contributed by atoms with Gasteiger partial charge in [-0.2, -0.15) is 13.2 Å². The Hall–Kier alpha value is -1.28. The Labute approximate surface area is 124 Å². The maximum Gasteiger partial charge on any atom is 0.417 e. The number of halogens is 3. The zero-order valence-electron chi connectivity index (χ0n) is 11.3. The Morgan fingerprint density at radius 2 is 2.14 bits per heavy atom. The zero-order chi connectivity index (χ0) is 15.7. The fourth-order valence-electron chi connectivity index (χ4n) is 2.13. The number of nitrogens with zero attached hydrogens (tertiary/aromatic N) is 1. The number of carbonyl (C=O) groups is 1. The number of alkyl halides is 3. The van der Waals surface area contributed by atoms with Gasteiger partial charge in [-0.05, 0) is 37.9 Å². The van der Waals surface area contributed by atoms with Crippen LogP contribution in [0.15, 0.2) is 23.4 Å². The summed E-state index contributed by atoms with van der Waals surface area (Å²) >= 11 is 1.15. The summed E-state index contributed by atoms with van der Waals surface area (Å²) in [4.78, 5) is 15.2. The van der Waals surface area contributed by atoms with Crippen LogP contribution < -0.4 is 5.32 Å². The lowest BCUT2D eigenvalue weighted by atomic mass is 9.96. The molecule has 0 aliphatic heterocycles. The van der Waals surface area contributed by atoms with Crippen LogP contribution in [0.2, 0.25) is 0 Å². The summed E-state index contributed by atoms with van der Waals surface area (Å²) in [6.45, 7) is 0. The summed E-state index contributed by atoms with van der Waals surface area (Å²) < 4.78 is 37.3. The molecular weight excluding hydrogens is 305 g/mol. The fraction of sp³-hybridized carbons (Fsp3) is 0.538. The van der Waals surface area contributed by atoms with Crippen LogP contribution in [0.5, 0.6) is 0 Å². The molecule has 0 saturated heterocycles. The van der Waals surface area contributed by atoms with E-state index >= 15 is 0 Å². The van der Waals surface area contributed by atoms with Gasteiger partial charge in [0.2, 0.25) is 0 Å². The molecule has 8 heteroatoms. The molecule has 1 aliphatic rings. The van der Waals surface area contributed by atoms with Crippen molar-refractivity contribution in [3.05, 3.63) is 23.9 Å². The third-order valence-corrected chi connectivity index (χ3v) is 4.75. The van der Waals surface area contributed by atoms with Crippen molar-refractivity contribution >= 4 is 17.7 Å². The second-order valence-corrected chi connectivity index (χ2v) is 5.97. The Balaban J connectivity index is 2.06. The van der Waals surface area contributed by atoms with E-state index in [4.69, 9.17) is 0 Å². The molecule has 1 atom stereocenters. The third-order valence-electron chi connectivity index (χ3n) is 3.61. The van der Waals surface area contributed by atoms with Gasteiger partial charge in [0.05, 0.1) is 10.6 Å². The first-order valence-corrected chi connectivity index (χ1v) is 7.36. The average Bonchev–Trinajstić information content (AvgIpc) is 3.24. The molecule has 2 rings (SSSR count). The van der Waals surface area contributed by atoms with E-state index in [1.807, 2.05) is 0 Å². The van der Waals surface area contributed by atoms with E-state index in [1.165, 1.54) is 6.07 Å². The van der Waals surface area contributed by atoms with Gasteiger partial charge in [-0.25, -0.2) is 4.98 Å². The molecule has 1 aromatic heterocycles.